The van der Waals surface area contributed by atoms with Crippen LogP contribution >= 0.6 is 0 Å². The third-order valence-electron chi connectivity index (χ3n) is 2.58. The molecule has 1 unspecified atom stereocenters. The molecule has 0 radical (unpaired) electrons. The Bertz CT molecular complexity index is 277. The van der Waals surface area contributed by atoms with Crippen molar-refractivity contribution >= 4 is 17.7 Å². The van der Waals surface area contributed by atoms with Crippen molar-refractivity contribution in [1.29, 1.82) is 0 Å². The Hall–Kier alpha value is -1.63. The summed E-state index contributed by atoms with van der Waals surface area (Å²) in [5.41, 5.74) is 1.49. The zero-order valence-corrected chi connectivity index (χ0v) is 9.02. The zero-order valence-electron chi connectivity index (χ0n) is 9.02. The van der Waals surface area contributed by atoms with Crippen LogP contribution in [-0.2, 0) is 14.4 Å². The number of carbonyl (C=O) groups excluding carboxylic acids is 3. The summed E-state index contributed by atoms with van der Waals surface area (Å²) < 4.78 is 0. The van der Waals surface area contributed by atoms with E-state index in [1.165, 1.54) is 17.4 Å². The van der Waals surface area contributed by atoms with Gasteiger partial charge in [-0.05, 0) is 6.42 Å². The van der Waals surface area contributed by atoms with Crippen molar-refractivity contribution in [2.24, 2.45) is 5.92 Å². The maximum Gasteiger partial charge on any atom is 0.244 e. The number of rotatable bonds is 4. The molecule has 3 amide bonds. The molecule has 0 spiro atoms. The van der Waals surface area contributed by atoms with Gasteiger partial charge in [0.1, 0.15) is 0 Å². The molecule has 0 aromatic carbocycles. The highest BCUT2D eigenvalue weighted by Gasteiger charge is 2.33. The second-order valence-corrected chi connectivity index (χ2v) is 3.66. The summed E-state index contributed by atoms with van der Waals surface area (Å²) in [4.78, 5) is 35.1. The second-order valence-electron chi connectivity index (χ2n) is 3.66. The van der Waals surface area contributed by atoms with Crippen LogP contribution in [0.2, 0.25) is 0 Å². The van der Waals surface area contributed by atoms with Gasteiger partial charge in [0.05, 0.1) is 6.54 Å². The van der Waals surface area contributed by atoms with Gasteiger partial charge in [-0.25, -0.2) is 5.48 Å². The minimum Gasteiger partial charge on any atom is -0.358 e. The van der Waals surface area contributed by atoms with E-state index in [0.29, 0.717) is 13.0 Å². The summed E-state index contributed by atoms with van der Waals surface area (Å²) >= 11 is 0. The van der Waals surface area contributed by atoms with Gasteiger partial charge in [0.25, 0.3) is 0 Å². The highest BCUT2D eigenvalue weighted by Crippen LogP contribution is 2.20. The van der Waals surface area contributed by atoms with Crippen LogP contribution in [0.1, 0.15) is 12.8 Å². The molecular weight excluding hydrogens is 214 g/mol. The Morgan fingerprint density at radius 2 is 2.19 bits per heavy atom. The van der Waals surface area contributed by atoms with E-state index in [9.17, 15) is 14.4 Å². The van der Waals surface area contributed by atoms with E-state index in [4.69, 9.17) is 5.21 Å². The van der Waals surface area contributed by atoms with Crippen LogP contribution < -0.4 is 10.8 Å². The van der Waals surface area contributed by atoms with Gasteiger partial charge in [-0.1, -0.05) is 0 Å². The van der Waals surface area contributed by atoms with E-state index in [2.05, 4.69) is 5.32 Å². The lowest BCUT2D eigenvalue weighted by molar-refractivity contribution is -0.138. The standard InChI is InChI=1S/C9H15N3O4/c1-10-8(14)5-12-3-2-6(9(12)15)4-7(13)11-16/h6,16H,2-5H2,1H3,(H,10,14)(H,11,13). The normalized spacial score (nSPS) is 19.8. The van der Waals surface area contributed by atoms with Crippen LogP contribution in [0.3, 0.4) is 0 Å². The van der Waals surface area contributed by atoms with E-state index >= 15 is 0 Å². The molecule has 0 aromatic rings. The van der Waals surface area contributed by atoms with Crippen molar-refractivity contribution in [1.82, 2.24) is 15.7 Å². The fourth-order valence-electron chi connectivity index (χ4n) is 1.67. The van der Waals surface area contributed by atoms with Crippen LogP contribution in [0, 0.1) is 5.92 Å². The van der Waals surface area contributed by atoms with Crippen molar-refractivity contribution in [2.75, 3.05) is 20.1 Å². The maximum absolute atomic E-state index is 11.7. The molecule has 0 saturated carbocycles. The SMILES string of the molecule is CNC(=O)CN1CCC(CC(=O)NO)C1=O. The lowest BCUT2D eigenvalue weighted by Gasteiger charge is -2.15. The first-order chi connectivity index (χ1) is 7.58. The van der Waals surface area contributed by atoms with Crippen molar-refractivity contribution in [3.05, 3.63) is 0 Å². The van der Waals surface area contributed by atoms with Crippen LogP contribution in [0.25, 0.3) is 0 Å². The molecule has 0 bridgehead atoms. The number of likely N-dealkylation sites (N-methyl/N-ethyl adjacent to an activating group) is 1. The lowest BCUT2D eigenvalue weighted by Crippen LogP contribution is -2.37. The highest BCUT2D eigenvalue weighted by molar-refractivity contribution is 5.90. The van der Waals surface area contributed by atoms with E-state index in [1.807, 2.05) is 0 Å². The summed E-state index contributed by atoms with van der Waals surface area (Å²) in [6.07, 6.45) is 0.489. The Labute approximate surface area is 92.7 Å². The fraction of sp³-hybridized carbons (Fsp3) is 0.667. The first-order valence-corrected chi connectivity index (χ1v) is 5.00. The third-order valence-corrected chi connectivity index (χ3v) is 2.58. The van der Waals surface area contributed by atoms with Crippen molar-refractivity contribution in [3.8, 4) is 0 Å². The molecule has 7 nitrogen and oxygen atoms in total. The third kappa shape index (κ3) is 2.93. The van der Waals surface area contributed by atoms with Gasteiger partial charge in [0.2, 0.25) is 17.7 Å². The average molecular weight is 229 g/mol. The molecule has 1 aliphatic rings. The Kier molecular flexibility index (Phi) is 4.24. The van der Waals surface area contributed by atoms with E-state index in [1.54, 1.807) is 0 Å². The topological polar surface area (TPSA) is 98.7 Å². The van der Waals surface area contributed by atoms with Gasteiger partial charge in [0, 0.05) is 25.9 Å². The largest absolute Gasteiger partial charge is 0.358 e. The van der Waals surface area contributed by atoms with Gasteiger partial charge in [-0.15, -0.1) is 0 Å². The number of likely N-dealkylation sites (tertiary alicyclic amines) is 1. The average Bonchev–Trinajstić information content (AvgIpc) is 2.61. The summed E-state index contributed by atoms with van der Waals surface area (Å²) in [6.45, 7) is 0.488. The number of hydrogen-bond donors (Lipinski definition) is 3. The summed E-state index contributed by atoms with van der Waals surface area (Å²) in [7, 11) is 1.50. The maximum atomic E-state index is 11.7. The van der Waals surface area contributed by atoms with E-state index in [0.717, 1.165) is 0 Å². The van der Waals surface area contributed by atoms with Crippen LogP contribution in [-0.4, -0.2) is 48.0 Å². The molecule has 1 rings (SSSR count). The minimum absolute atomic E-state index is 0.0204. The molecule has 1 heterocycles. The van der Waals surface area contributed by atoms with Gasteiger partial charge in [-0.2, -0.15) is 0 Å². The first kappa shape index (κ1) is 12.4. The van der Waals surface area contributed by atoms with Crippen LogP contribution in [0.5, 0.6) is 0 Å². The van der Waals surface area contributed by atoms with E-state index < -0.39 is 11.8 Å². The highest BCUT2D eigenvalue weighted by atomic mass is 16.5. The number of carbonyl (C=O) groups is 3. The smallest absolute Gasteiger partial charge is 0.244 e. The zero-order chi connectivity index (χ0) is 12.1. The monoisotopic (exact) mass is 229 g/mol. The Morgan fingerprint density at radius 3 is 2.75 bits per heavy atom. The van der Waals surface area contributed by atoms with Gasteiger partial charge in [0.15, 0.2) is 0 Å². The quantitative estimate of drug-likeness (QED) is 0.402. The fourth-order valence-corrected chi connectivity index (χ4v) is 1.67. The van der Waals surface area contributed by atoms with Crippen molar-refractivity contribution in [3.63, 3.8) is 0 Å². The molecule has 0 aliphatic carbocycles. The van der Waals surface area contributed by atoms with Gasteiger partial charge < -0.3 is 10.2 Å². The lowest BCUT2D eigenvalue weighted by atomic mass is 10.0. The molecular formula is C9H15N3O4. The molecule has 0 aromatic heterocycles. The molecule has 3 N–H and O–H groups in total. The van der Waals surface area contributed by atoms with Crippen molar-refractivity contribution < 1.29 is 19.6 Å². The summed E-state index contributed by atoms with van der Waals surface area (Å²) in [6, 6.07) is 0. The van der Waals surface area contributed by atoms with E-state index in [-0.39, 0.29) is 24.8 Å². The van der Waals surface area contributed by atoms with Crippen molar-refractivity contribution in [2.45, 2.75) is 12.8 Å². The van der Waals surface area contributed by atoms with Crippen LogP contribution in [0.15, 0.2) is 0 Å². The summed E-state index contributed by atoms with van der Waals surface area (Å²) in [5.74, 6) is -1.47. The van der Waals surface area contributed by atoms with Gasteiger partial charge in [-0.3, -0.25) is 19.6 Å². The molecule has 1 atom stereocenters. The molecule has 1 aliphatic heterocycles. The number of hydrogen-bond acceptors (Lipinski definition) is 4. The summed E-state index contributed by atoms with van der Waals surface area (Å²) in [5, 5.41) is 10.8. The number of hydroxylamine groups is 1. The Morgan fingerprint density at radius 1 is 1.50 bits per heavy atom. The van der Waals surface area contributed by atoms with Crippen LogP contribution in [0.4, 0.5) is 0 Å². The Balaban J connectivity index is 2.47. The minimum atomic E-state index is -0.583. The molecule has 7 heteroatoms. The molecule has 16 heavy (non-hydrogen) atoms. The van der Waals surface area contributed by atoms with Gasteiger partial charge >= 0.3 is 0 Å². The molecule has 1 fully saturated rings. The second kappa shape index (κ2) is 5.45. The number of nitrogens with zero attached hydrogens (tertiary/aromatic N) is 1. The predicted molar refractivity (Wildman–Crippen MR) is 53.3 cm³/mol. The number of nitrogens with one attached hydrogen (secondary N) is 2. The predicted octanol–water partition coefficient (Wildman–Crippen LogP) is -1.52. The molecule has 1 saturated heterocycles. The number of amides is 3. The first-order valence-electron chi connectivity index (χ1n) is 5.00. The molecule has 90 valence electrons.